The van der Waals surface area contributed by atoms with Gasteiger partial charge < -0.3 is 20.1 Å². The second kappa shape index (κ2) is 9.14. The molecule has 28 heavy (non-hydrogen) atoms. The zero-order valence-electron chi connectivity index (χ0n) is 15.6. The molecule has 0 saturated carbocycles. The highest BCUT2D eigenvalue weighted by atomic mass is 16.5. The number of anilines is 1. The van der Waals surface area contributed by atoms with E-state index < -0.39 is 5.97 Å². The average molecular weight is 382 g/mol. The third-order valence-corrected chi connectivity index (χ3v) is 4.49. The molecule has 1 fully saturated rings. The molecule has 0 spiro atoms. The van der Waals surface area contributed by atoms with Crippen LogP contribution in [0.3, 0.4) is 0 Å². The molecule has 7 heteroatoms. The lowest BCUT2D eigenvalue weighted by Gasteiger charge is -2.11. The number of nitrogens with one attached hydrogen (secondary N) is 2. The minimum atomic E-state index is -0.439. The van der Waals surface area contributed by atoms with Gasteiger partial charge in [-0.05, 0) is 61.4 Å². The summed E-state index contributed by atoms with van der Waals surface area (Å²) in [7, 11) is 1.31. The quantitative estimate of drug-likeness (QED) is 0.749. The van der Waals surface area contributed by atoms with Crippen LogP contribution in [0.15, 0.2) is 48.5 Å². The summed E-state index contributed by atoms with van der Waals surface area (Å²) in [4.78, 5) is 36.0. The number of amides is 2. The van der Waals surface area contributed by atoms with E-state index in [1.165, 1.54) is 7.11 Å². The Morgan fingerprint density at radius 1 is 0.964 bits per heavy atom. The molecule has 1 saturated heterocycles. The number of hydrogen-bond donors (Lipinski definition) is 2. The highest BCUT2D eigenvalue weighted by Gasteiger charge is 2.17. The number of carbonyl (C=O) groups is 3. The number of ether oxygens (including phenoxy) is 2. The molecular weight excluding hydrogens is 360 g/mol. The van der Waals surface area contributed by atoms with Crippen LogP contribution in [0.1, 0.15) is 43.9 Å². The molecule has 3 rings (SSSR count). The van der Waals surface area contributed by atoms with Crippen LogP contribution in [0.4, 0.5) is 5.69 Å². The molecule has 1 unspecified atom stereocenters. The van der Waals surface area contributed by atoms with Gasteiger partial charge in [-0.2, -0.15) is 0 Å². The summed E-state index contributed by atoms with van der Waals surface area (Å²) >= 11 is 0. The molecule has 1 aliphatic heterocycles. The number of methoxy groups -OCH3 is 1. The Hall–Kier alpha value is -3.19. The molecule has 2 amide bonds. The summed E-state index contributed by atoms with van der Waals surface area (Å²) in [6.45, 7) is 1.23. The molecule has 2 aromatic rings. The Morgan fingerprint density at radius 3 is 2.14 bits per heavy atom. The molecule has 1 atom stereocenters. The van der Waals surface area contributed by atoms with Gasteiger partial charge in [0.15, 0.2) is 0 Å². The molecule has 0 aromatic heterocycles. The summed E-state index contributed by atoms with van der Waals surface area (Å²) in [5, 5.41) is 5.59. The lowest BCUT2D eigenvalue weighted by Crippen LogP contribution is -2.31. The summed E-state index contributed by atoms with van der Waals surface area (Å²) < 4.78 is 10.1. The number of carbonyl (C=O) groups excluding carboxylic acids is 3. The van der Waals surface area contributed by atoms with Crippen LogP contribution in [0.5, 0.6) is 0 Å². The first-order chi connectivity index (χ1) is 13.6. The Morgan fingerprint density at radius 2 is 1.57 bits per heavy atom. The Labute approximate surface area is 163 Å². The van der Waals surface area contributed by atoms with E-state index >= 15 is 0 Å². The van der Waals surface area contributed by atoms with E-state index in [4.69, 9.17) is 4.74 Å². The maximum atomic E-state index is 12.4. The van der Waals surface area contributed by atoms with Gasteiger partial charge in [-0.15, -0.1) is 0 Å². The van der Waals surface area contributed by atoms with E-state index in [0.29, 0.717) is 28.9 Å². The zero-order valence-corrected chi connectivity index (χ0v) is 15.6. The molecule has 7 nitrogen and oxygen atoms in total. The van der Waals surface area contributed by atoms with Gasteiger partial charge in [-0.3, -0.25) is 9.59 Å². The maximum Gasteiger partial charge on any atom is 0.337 e. The van der Waals surface area contributed by atoms with Crippen molar-refractivity contribution in [1.29, 1.82) is 0 Å². The van der Waals surface area contributed by atoms with E-state index in [1.54, 1.807) is 48.5 Å². The van der Waals surface area contributed by atoms with Gasteiger partial charge in [0.25, 0.3) is 11.8 Å². The normalized spacial score (nSPS) is 15.7. The molecule has 1 heterocycles. The van der Waals surface area contributed by atoms with Crippen LogP contribution in [0, 0.1) is 0 Å². The highest BCUT2D eigenvalue weighted by Crippen LogP contribution is 2.14. The lowest BCUT2D eigenvalue weighted by atomic mass is 10.1. The largest absolute Gasteiger partial charge is 0.465 e. The topological polar surface area (TPSA) is 93.7 Å². The van der Waals surface area contributed by atoms with Gasteiger partial charge in [0.05, 0.1) is 18.8 Å². The van der Waals surface area contributed by atoms with Crippen LogP contribution in [0.25, 0.3) is 0 Å². The van der Waals surface area contributed by atoms with Crippen LogP contribution < -0.4 is 10.6 Å². The van der Waals surface area contributed by atoms with Gasteiger partial charge in [0.1, 0.15) is 0 Å². The Bertz CT molecular complexity index is 840. The van der Waals surface area contributed by atoms with Gasteiger partial charge in [-0.1, -0.05) is 0 Å². The summed E-state index contributed by atoms with van der Waals surface area (Å²) in [6, 6.07) is 12.8. The first-order valence-electron chi connectivity index (χ1n) is 9.06. The highest BCUT2D eigenvalue weighted by molar-refractivity contribution is 6.05. The summed E-state index contributed by atoms with van der Waals surface area (Å²) in [5.74, 6) is -0.941. The van der Waals surface area contributed by atoms with Gasteiger partial charge >= 0.3 is 5.97 Å². The van der Waals surface area contributed by atoms with Crippen molar-refractivity contribution < 1.29 is 23.9 Å². The van der Waals surface area contributed by atoms with Crippen molar-refractivity contribution in [3.63, 3.8) is 0 Å². The van der Waals surface area contributed by atoms with Crippen molar-refractivity contribution in [2.75, 3.05) is 25.6 Å². The number of benzene rings is 2. The van der Waals surface area contributed by atoms with Crippen molar-refractivity contribution in [2.24, 2.45) is 0 Å². The van der Waals surface area contributed by atoms with E-state index in [1.807, 2.05) is 0 Å². The van der Waals surface area contributed by atoms with Crippen molar-refractivity contribution in [3.05, 3.63) is 65.2 Å². The molecule has 2 N–H and O–H groups in total. The van der Waals surface area contributed by atoms with Crippen molar-refractivity contribution in [1.82, 2.24) is 5.32 Å². The minimum Gasteiger partial charge on any atom is -0.465 e. The fourth-order valence-corrected chi connectivity index (χ4v) is 2.90. The first-order valence-corrected chi connectivity index (χ1v) is 9.06. The first kappa shape index (κ1) is 19.6. The standard InChI is InChI=1S/C21H22N2O5/c1-27-21(26)16-8-10-17(11-9-16)23-20(25)15-6-4-14(5-7-15)19(24)22-13-18-3-2-12-28-18/h4-11,18H,2-3,12-13H2,1H3,(H,22,24)(H,23,25). The zero-order chi connectivity index (χ0) is 19.9. The van der Waals surface area contributed by atoms with Gasteiger partial charge in [0.2, 0.25) is 0 Å². The van der Waals surface area contributed by atoms with E-state index in [0.717, 1.165) is 19.4 Å². The third kappa shape index (κ3) is 4.95. The third-order valence-electron chi connectivity index (χ3n) is 4.49. The molecule has 0 bridgehead atoms. The molecule has 2 aromatic carbocycles. The minimum absolute atomic E-state index is 0.0829. The molecule has 146 valence electrons. The number of rotatable bonds is 6. The number of esters is 1. The molecule has 0 aliphatic carbocycles. The second-order valence-electron chi connectivity index (χ2n) is 6.45. The van der Waals surface area contributed by atoms with Crippen LogP contribution in [-0.2, 0) is 9.47 Å². The van der Waals surface area contributed by atoms with Gasteiger partial charge in [0, 0.05) is 30.0 Å². The summed E-state index contributed by atoms with van der Waals surface area (Å²) in [5.41, 5.74) is 1.86. The fourth-order valence-electron chi connectivity index (χ4n) is 2.90. The molecular formula is C21H22N2O5. The van der Waals surface area contributed by atoms with E-state index in [2.05, 4.69) is 15.4 Å². The van der Waals surface area contributed by atoms with Gasteiger partial charge in [-0.25, -0.2) is 4.79 Å². The lowest BCUT2D eigenvalue weighted by molar-refractivity contribution is 0.0600. The SMILES string of the molecule is COC(=O)c1ccc(NC(=O)c2ccc(C(=O)NCC3CCCO3)cc2)cc1. The fraction of sp³-hybridized carbons (Fsp3) is 0.286. The van der Waals surface area contributed by atoms with Crippen LogP contribution >= 0.6 is 0 Å². The van der Waals surface area contributed by atoms with E-state index in [-0.39, 0.29) is 17.9 Å². The second-order valence-corrected chi connectivity index (χ2v) is 6.45. The Kier molecular flexibility index (Phi) is 6.39. The predicted octanol–water partition coefficient (Wildman–Crippen LogP) is 2.63. The van der Waals surface area contributed by atoms with Crippen molar-refractivity contribution in [2.45, 2.75) is 18.9 Å². The predicted molar refractivity (Wildman–Crippen MR) is 103 cm³/mol. The van der Waals surface area contributed by atoms with Crippen molar-refractivity contribution >= 4 is 23.5 Å². The smallest absolute Gasteiger partial charge is 0.337 e. The van der Waals surface area contributed by atoms with E-state index in [9.17, 15) is 14.4 Å². The maximum absolute atomic E-state index is 12.4. The van der Waals surface area contributed by atoms with Crippen molar-refractivity contribution in [3.8, 4) is 0 Å². The van der Waals surface area contributed by atoms with Crippen LogP contribution in [0.2, 0.25) is 0 Å². The molecule has 0 radical (unpaired) electrons. The Balaban J connectivity index is 1.55. The average Bonchev–Trinajstić information content (AvgIpc) is 3.25. The monoisotopic (exact) mass is 382 g/mol. The summed E-state index contributed by atoms with van der Waals surface area (Å²) in [6.07, 6.45) is 2.06. The van der Waals surface area contributed by atoms with Crippen LogP contribution in [-0.4, -0.2) is 44.1 Å². The number of hydrogen-bond acceptors (Lipinski definition) is 5. The molecule has 1 aliphatic rings.